The molecule has 0 radical (unpaired) electrons. The lowest BCUT2D eigenvalue weighted by atomic mass is 9.87. The minimum Gasteiger partial charge on any atom is -0.365 e. The van der Waals surface area contributed by atoms with E-state index >= 15 is 0 Å². The maximum Gasteiger partial charge on any atom is 0.252 e. The van der Waals surface area contributed by atoms with Crippen molar-refractivity contribution in [3.8, 4) is 0 Å². The number of amides is 1. The predicted octanol–water partition coefficient (Wildman–Crippen LogP) is 4.58. The third kappa shape index (κ3) is 5.97. The number of benzene rings is 2. The Bertz CT molecular complexity index is 1040. The number of aromatic nitrogens is 1. The van der Waals surface area contributed by atoms with Crippen LogP contribution in [-0.4, -0.2) is 48.5 Å². The topological polar surface area (TPSA) is 62.5 Å². The molecule has 0 spiro atoms. The van der Waals surface area contributed by atoms with Crippen LogP contribution in [0, 0.1) is 11.6 Å². The van der Waals surface area contributed by atoms with E-state index in [0.29, 0.717) is 11.4 Å². The molecule has 0 saturated carbocycles. The van der Waals surface area contributed by atoms with Crippen molar-refractivity contribution in [1.29, 1.82) is 0 Å². The Morgan fingerprint density at radius 3 is 2.18 bits per heavy atom. The summed E-state index contributed by atoms with van der Waals surface area (Å²) < 4.78 is 26.9. The van der Waals surface area contributed by atoms with E-state index in [1.165, 1.54) is 24.3 Å². The number of anilines is 1. The van der Waals surface area contributed by atoms with E-state index in [9.17, 15) is 13.6 Å². The Balaban J connectivity index is 1.38. The number of nitrogens with zero attached hydrogens (tertiary/aromatic N) is 3. The maximum atomic E-state index is 13.5. The molecule has 0 unspecified atom stereocenters. The molecule has 0 aliphatic carbocycles. The van der Waals surface area contributed by atoms with Gasteiger partial charge in [-0.3, -0.25) is 4.79 Å². The first-order valence-corrected chi connectivity index (χ1v) is 11.7. The first-order valence-electron chi connectivity index (χ1n) is 11.7. The molecule has 34 heavy (non-hydrogen) atoms. The Kier molecular flexibility index (Phi) is 7.85. The van der Waals surface area contributed by atoms with Crippen LogP contribution in [0.25, 0.3) is 0 Å². The van der Waals surface area contributed by atoms with E-state index in [4.69, 9.17) is 5.73 Å². The molecule has 178 valence electrons. The number of nitrogens with two attached hydrogens (primary N) is 1. The second-order valence-electron chi connectivity index (χ2n) is 8.72. The summed E-state index contributed by atoms with van der Waals surface area (Å²) in [6, 6.07) is 16.6. The smallest absolute Gasteiger partial charge is 0.252 e. The van der Waals surface area contributed by atoms with Gasteiger partial charge in [0.1, 0.15) is 17.5 Å². The zero-order valence-corrected chi connectivity index (χ0v) is 19.2. The predicted molar refractivity (Wildman–Crippen MR) is 130 cm³/mol. The van der Waals surface area contributed by atoms with Crippen LogP contribution in [0.1, 0.15) is 46.7 Å². The van der Waals surface area contributed by atoms with Gasteiger partial charge in [-0.25, -0.2) is 13.8 Å². The first-order chi connectivity index (χ1) is 16.5. The van der Waals surface area contributed by atoms with Crippen LogP contribution in [0.15, 0.2) is 66.9 Å². The largest absolute Gasteiger partial charge is 0.365 e. The van der Waals surface area contributed by atoms with Crippen molar-refractivity contribution in [3.63, 3.8) is 0 Å². The molecule has 5 nitrogen and oxygen atoms in total. The number of carbonyl (C=O) groups excluding carboxylic acids is 1. The number of carbonyl (C=O) groups is 1. The Hall–Kier alpha value is -3.32. The molecule has 2 heterocycles. The minimum absolute atomic E-state index is 0.0799. The molecule has 3 aromatic rings. The van der Waals surface area contributed by atoms with Crippen LogP contribution in [0.5, 0.6) is 0 Å². The molecule has 0 atom stereocenters. The van der Waals surface area contributed by atoms with Gasteiger partial charge in [-0.1, -0.05) is 24.3 Å². The van der Waals surface area contributed by atoms with Gasteiger partial charge in [-0.15, -0.1) is 0 Å². The molecule has 1 aliphatic rings. The van der Waals surface area contributed by atoms with Crippen molar-refractivity contribution in [2.24, 2.45) is 5.73 Å². The van der Waals surface area contributed by atoms with Crippen LogP contribution < -0.4 is 10.6 Å². The highest BCUT2D eigenvalue weighted by atomic mass is 19.1. The van der Waals surface area contributed by atoms with Crippen molar-refractivity contribution < 1.29 is 13.6 Å². The fourth-order valence-corrected chi connectivity index (χ4v) is 4.68. The minimum atomic E-state index is -0.461. The van der Waals surface area contributed by atoms with E-state index < -0.39 is 5.91 Å². The number of hydrogen-bond acceptors (Lipinski definition) is 4. The van der Waals surface area contributed by atoms with Crippen LogP contribution in [-0.2, 0) is 0 Å². The standard InChI is InChI=1S/C27H30F2N4O/c28-22-10-6-20(7-11-22)24(21-8-12-23(29)13-9-21)5-2-15-32-16-3-17-33(19-18-32)27-25(26(30)34)4-1-14-31-27/h1,4,6-14,24H,2-3,5,15-19H2,(H2,30,34). The first kappa shape index (κ1) is 23.8. The van der Waals surface area contributed by atoms with Crippen molar-refractivity contribution >= 4 is 11.7 Å². The summed E-state index contributed by atoms with van der Waals surface area (Å²) in [4.78, 5) is 20.8. The van der Waals surface area contributed by atoms with Gasteiger partial charge in [0, 0.05) is 31.7 Å². The van der Waals surface area contributed by atoms with E-state index in [-0.39, 0.29) is 17.6 Å². The number of primary amides is 1. The van der Waals surface area contributed by atoms with Crippen molar-refractivity contribution in [3.05, 3.63) is 95.2 Å². The molecule has 1 amide bonds. The van der Waals surface area contributed by atoms with Crippen LogP contribution >= 0.6 is 0 Å². The third-order valence-electron chi connectivity index (χ3n) is 6.45. The van der Waals surface area contributed by atoms with Crippen molar-refractivity contribution in [2.45, 2.75) is 25.2 Å². The summed E-state index contributed by atoms with van der Waals surface area (Å²) in [5.41, 5.74) is 8.06. The van der Waals surface area contributed by atoms with Crippen LogP contribution in [0.4, 0.5) is 14.6 Å². The van der Waals surface area contributed by atoms with Gasteiger partial charge < -0.3 is 15.5 Å². The molecule has 1 fully saturated rings. The number of halogens is 2. The Morgan fingerprint density at radius 1 is 0.912 bits per heavy atom. The summed E-state index contributed by atoms with van der Waals surface area (Å²) in [6.07, 6.45) is 4.49. The van der Waals surface area contributed by atoms with Crippen molar-refractivity contribution in [2.75, 3.05) is 37.6 Å². The second kappa shape index (κ2) is 11.2. The summed E-state index contributed by atoms with van der Waals surface area (Å²) in [7, 11) is 0. The lowest BCUT2D eigenvalue weighted by Crippen LogP contribution is -2.33. The average molecular weight is 465 g/mol. The van der Waals surface area contributed by atoms with Gasteiger partial charge in [0.15, 0.2) is 0 Å². The van der Waals surface area contributed by atoms with Crippen LogP contribution in [0.3, 0.4) is 0 Å². The molecule has 1 aliphatic heterocycles. The molecule has 1 saturated heterocycles. The van der Waals surface area contributed by atoms with Gasteiger partial charge in [-0.05, 0) is 79.9 Å². The zero-order valence-electron chi connectivity index (χ0n) is 19.2. The Labute approximate surface area is 199 Å². The van der Waals surface area contributed by atoms with E-state index in [1.807, 2.05) is 24.3 Å². The molecular weight excluding hydrogens is 434 g/mol. The summed E-state index contributed by atoms with van der Waals surface area (Å²) >= 11 is 0. The van der Waals surface area contributed by atoms with Gasteiger partial charge in [0.25, 0.3) is 5.91 Å². The van der Waals surface area contributed by atoms with E-state index in [1.54, 1.807) is 18.3 Å². The van der Waals surface area contributed by atoms with Gasteiger partial charge in [0.05, 0.1) is 5.56 Å². The van der Waals surface area contributed by atoms with E-state index in [2.05, 4.69) is 14.8 Å². The highest BCUT2D eigenvalue weighted by Crippen LogP contribution is 2.30. The highest BCUT2D eigenvalue weighted by Gasteiger charge is 2.21. The molecule has 7 heteroatoms. The summed E-state index contributed by atoms with van der Waals surface area (Å²) in [5.74, 6) is -0.246. The maximum absolute atomic E-state index is 13.5. The lowest BCUT2D eigenvalue weighted by molar-refractivity contribution is 0.100. The average Bonchev–Trinajstić information content (AvgIpc) is 3.09. The van der Waals surface area contributed by atoms with Crippen molar-refractivity contribution in [1.82, 2.24) is 9.88 Å². The van der Waals surface area contributed by atoms with E-state index in [0.717, 1.165) is 63.1 Å². The molecular formula is C27H30F2N4O. The number of hydrogen-bond donors (Lipinski definition) is 1. The normalized spacial score (nSPS) is 14.9. The van der Waals surface area contributed by atoms with Gasteiger partial charge in [-0.2, -0.15) is 0 Å². The number of pyridine rings is 1. The monoisotopic (exact) mass is 464 g/mol. The zero-order chi connectivity index (χ0) is 23.9. The van der Waals surface area contributed by atoms with Crippen LogP contribution in [0.2, 0.25) is 0 Å². The summed E-state index contributed by atoms with van der Waals surface area (Å²) in [5, 5.41) is 0. The number of rotatable bonds is 8. The molecule has 1 aromatic heterocycles. The van der Waals surface area contributed by atoms with Gasteiger partial charge in [0.2, 0.25) is 0 Å². The highest BCUT2D eigenvalue weighted by molar-refractivity contribution is 5.97. The molecule has 2 N–H and O–H groups in total. The quantitative estimate of drug-likeness (QED) is 0.530. The third-order valence-corrected chi connectivity index (χ3v) is 6.45. The molecule has 0 bridgehead atoms. The van der Waals surface area contributed by atoms with Gasteiger partial charge >= 0.3 is 0 Å². The molecule has 4 rings (SSSR count). The second-order valence-corrected chi connectivity index (χ2v) is 8.72. The molecule has 2 aromatic carbocycles. The fraction of sp³-hybridized carbons (Fsp3) is 0.333. The SMILES string of the molecule is NC(=O)c1cccnc1N1CCCN(CCCC(c2ccc(F)cc2)c2ccc(F)cc2)CC1. The fourth-order valence-electron chi connectivity index (χ4n) is 4.68. The summed E-state index contributed by atoms with van der Waals surface area (Å²) in [6.45, 7) is 4.36. The Morgan fingerprint density at radius 2 is 1.56 bits per heavy atom. The lowest BCUT2D eigenvalue weighted by Gasteiger charge is -2.24.